The first-order chi connectivity index (χ1) is 13.1. The van der Waals surface area contributed by atoms with Crippen molar-refractivity contribution in [1.82, 2.24) is 4.98 Å². The van der Waals surface area contributed by atoms with Crippen LogP contribution >= 0.6 is 31.9 Å². The molecule has 0 saturated carbocycles. The average molecular weight is 490 g/mol. The molecular formula is C23H26Br2N2. The van der Waals surface area contributed by atoms with Crippen LogP contribution in [0.25, 0.3) is 5.57 Å². The standard InChI is InChI=1S/C23H26Br2N2/c1-5-15-17(7-3)22(24)26-20(15)19(14-12-10-9-11-13-14)21-16(6-2)18(8-4)23(25)27-21/h9-13,26H,5-8H2,1-4H3. The minimum absolute atomic E-state index is 0.970. The van der Waals surface area contributed by atoms with Crippen molar-refractivity contribution in [2.45, 2.75) is 53.4 Å². The Kier molecular flexibility index (Phi) is 6.59. The predicted molar refractivity (Wildman–Crippen MR) is 124 cm³/mol. The summed E-state index contributed by atoms with van der Waals surface area (Å²) in [4.78, 5) is 8.62. The Bertz CT molecular complexity index is 931. The summed E-state index contributed by atoms with van der Waals surface area (Å²) in [5.74, 6) is 0. The second-order valence-electron chi connectivity index (χ2n) is 6.63. The molecule has 2 nitrogen and oxygen atoms in total. The topological polar surface area (TPSA) is 28.1 Å². The second kappa shape index (κ2) is 8.74. The number of rotatable bonds is 6. The maximum atomic E-state index is 4.99. The molecule has 0 bridgehead atoms. The molecule has 0 unspecified atom stereocenters. The van der Waals surface area contributed by atoms with Crippen LogP contribution in [0.5, 0.6) is 0 Å². The van der Waals surface area contributed by atoms with Crippen molar-refractivity contribution in [3.63, 3.8) is 0 Å². The zero-order chi connectivity index (χ0) is 19.6. The van der Waals surface area contributed by atoms with E-state index in [1.807, 2.05) is 0 Å². The number of aliphatic imine (C=N–C) groups is 1. The predicted octanol–water partition coefficient (Wildman–Crippen LogP) is 7.59. The van der Waals surface area contributed by atoms with Crippen LogP contribution in [0.2, 0.25) is 0 Å². The summed E-state index contributed by atoms with van der Waals surface area (Å²) >= 11 is 7.46. The number of benzene rings is 1. The van der Waals surface area contributed by atoms with E-state index < -0.39 is 0 Å². The fraction of sp³-hybridized carbons (Fsp3) is 0.348. The van der Waals surface area contributed by atoms with E-state index in [2.05, 4.69) is 94.9 Å². The van der Waals surface area contributed by atoms with Crippen LogP contribution in [0.1, 0.15) is 62.9 Å². The van der Waals surface area contributed by atoms with Gasteiger partial charge in [0.05, 0.1) is 16.0 Å². The van der Waals surface area contributed by atoms with Gasteiger partial charge in [0.15, 0.2) is 0 Å². The molecule has 0 fully saturated rings. The van der Waals surface area contributed by atoms with Crippen molar-refractivity contribution in [2.75, 3.05) is 0 Å². The molecule has 0 amide bonds. The summed E-state index contributed by atoms with van der Waals surface area (Å²) in [5, 5.41) is 0. The van der Waals surface area contributed by atoms with Crippen LogP contribution in [0.3, 0.4) is 0 Å². The minimum Gasteiger partial charge on any atom is -0.349 e. The largest absolute Gasteiger partial charge is 0.349 e. The summed E-state index contributed by atoms with van der Waals surface area (Å²) in [7, 11) is 0. The van der Waals surface area contributed by atoms with Gasteiger partial charge in [-0.2, -0.15) is 0 Å². The third-order valence-corrected chi connectivity index (χ3v) is 6.57. The lowest BCUT2D eigenvalue weighted by atomic mass is 9.91. The third kappa shape index (κ3) is 3.66. The zero-order valence-corrected chi connectivity index (χ0v) is 19.6. The first kappa shape index (κ1) is 20.3. The molecule has 0 saturated heterocycles. The highest BCUT2D eigenvalue weighted by atomic mass is 79.9. The average Bonchev–Trinajstić information content (AvgIpc) is 3.18. The Labute approximate surface area is 179 Å². The summed E-state index contributed by atoms with van der Waals surface area (Å²) < 4.78 is 2.06. The molecular weight excluding hydrogens is 464 g/mol. The molecule has 1 aromatic heterocycles. The van der Waals surface area contributed by atoms with Crippen molar-refractivity contribution in [3.05, 3.63) is 74.2 Å². The molecule has 3 rings (SSSR count). The van der Waals surface area contributed by atoms with Gasteiger partial charge < -0.3 is 4.98 Å². The van der Waals surface area contributed by atoms with Crippen LogP contribution in [0.4, 0.5) is 0 Å². The quantitative estimate of drug-likeness (QED) is 0.433. The van der Waals surface area contributed by atoms with E-state index in [1.54, 1.807) is 0 Å². The van der Waals surface area contributed by atoms with E-state index in [0.29, 0.717) is 0 Å². The normalized spacial score (nSPS) is 16.1. The number of halogens is 2. The maximum Gasteiger partial charge on any atom is 0.110 e. The summed E-state index contributed by atoms with van der Waals surface area (Å²) in [5.41, 5.74) is 10.1. The van der Waals surface area contributed by atoms with Crippen molar-refractivity contribution in [3.8, 4) is 0 Å². The summed E-state index contributed by atoms with van der Waals surface area (Å²) in [6, 6.07) is 10.6. The molecule has 0 spiro atoms. The lowest BCUT2D eigenvalue weighted by molar-refractivity contribution is 1.04. The van der Waals surface area contributed by atoms with Gasteiger partial charge in [-0.3, -0.25) is 0 Å². The van der Waals surface area contributed by atoms with Crippen LogP contribution in [-0.2, 0) is 12.8 Å². The SMILES string of the molecule is CCC1=C(CC)C(=C(c2ccccc2)c2[nH]c(Br)c(CC)c2CC)N=C1Br. The maximum absolute atomic E-state index is 4.99. The van der Waals surface area contributed by atoms with E-state index in [4.69, 9.17) is 4.99 Å². The second-order valence-corrected chi connectivity index (χ2v) is 8.18. The van der Waals surface area contributed by atoms with E-state index in [-0.39, 0.29) is 0 Å². The van der Waals surface area contributed by atoms with Gasteiger partial charge in [-0.25, -0.2) is 4.99 Å². The minimum atomic E-state index is 0.970. The van der Waals surface area contributed by atoms with Crippen molar-refractivity contribution >= 4 is 42.1 Å². The molecule has 0 aliphatic carbocycles. The Hall–Kier alpha value is -1.39. The molecule has 0 radical (unpaired) electrons. The number of nitrogens with zero attached hydrogens (tertiary/aromatic N) is 1. The summed E-state index contributed by atoms with van der Waals surface area (Å²) in [6.45, 7) is 8.86. The summed E-state index contributed by atoms with van der Waals surface area (Å²) in [6.07, 6.45) is 3.94. The highest BCUT2D eigenvalue weighted by molar-refractivity contribution is 9.18. The van der Waals surface area contributed by atoms with E-state index >= 15 is 0 Å². The molecule has 4 heteroatoms. The number of allylic oxidation sites excluding steroid dienone is 2. The first-order valence-electron chi connectivity index (χ1n) is 9.73. The Balaban J connectivity index is 2.39. The Morgan fingerprint density at radius 1 is 0.852 bits per heavy atom. The number of hydrogen-bond acceptors (Lipinski definition) is 1. The Morgan fingerprint density at radius 3 is 2.04 bits per heavy atom. The molecule has 1 aliphatic rings. The number of H-pyrrole nitrogens is 1. The highest BCUT2D eigenvalue weighted by Crippen LogP contribution is 2.41. The molecule has 1 aliphatic heterocycles. The lowest BCUT2D eigenvalue weighted by Gasteiger charge is -2.14. The highest BCUT2D eigenvalue weighted by Gasteiger charge is 2.27. The van der Waals surface area contributed by atoms with Crippen LogP contribution in [0.15, 0.2) is 56.8 Å². The number of aromatic nitrogens is 1. The molecule has 2 aromatic rings. The van der Waals surface area contributed by atoms with Crippen LogP contribution in [-0.4, -0.2) is 9.60 Å². The molecule has 1 N–H and O–H groups in total. The smallest absolute Gasteiger partial charge is 0.110 e. The zero-order valence-electron chi connectivity index (χ0n) is 16.4. The molecule has 0 atom stereocenters. The lowest BCUT2D eigenvalue weighted by Crippen LogP contribution is -1.99. The molecule has 2 heterocycles. The van der Waals surface area contributed by atoms with E-state index in [0.717, 1.165) is 40.6 Å². The number of hydrogen-bond donors (Lipinski definition) is 1. The number of nitrogens with one attached hydrogen (secondary N) is 1. The first-order valence-corrected chi connectivity index (χ1v) is 11.3. The van der Waals surface area contributed by atoms with Gasteiger partial charge in [0.1, 0.15) is 4.62 Å². The van der Waals surface area contributed by atoms with E-state index in [1.165, 1.54) is 39.1 Å². The number of aromatic amines is 1. The van der Waals surface area contributed by atoms with Gasteiger partial charge >= 0.3 is 0 Å². The van der Waals surface area contributed by atoms with Gasteiger partial charge in [0.25, 0.3) is 0 Å². The molecule has 1 aromatic carbocycles. The molecule has 27 heavy (non-hydrogen) atoms. The Morgan fingerprint density at radius 2 is 1.48 bits per heavy atom. The fourth-order valence-electron chi connectivity index (χ4n) is 3.97. The van der Waals surface area contributed by atoms with E-state index in [9.17, 15) is 0 Å². The van der Waals surface area contributed by atoms with Gasteiger partial charge in [-0.15, -0.1) is 0 Å². The van der Waals surface area contributed by atoms with Crippen LogP contribution in [0, 0.1) is 0 Å². The van der Waals surface area contributed by atoms with Crippen LogP contribution < -0.4 is 0 Å². The van der Waals surface area contributed by atoms with Crippen molar-refractivity contribution < 1.29 is 0 Å². The third-order valence-electron chi connectivity index (χ3n) is 5.24. The van der Waals surface area contributed by atoms with Crippen molar-refractivity contribution in [2.24, 2.45) is 4.99 Å². The van der Waals surface area contributed by atoms with Crippen molar-refractivity contribution in [1.29, 1.82) is 0 Å². The van der Waals surface area contributed by atoms with Gasteiger partial charge in [0.2, 0.25) is 0 Å². The van der Waals surface area contributed by atoms with Gasteiger partial charge in [-0.1, -0.05) is 58.0 Å². The molecule has 142 valence electrons. The fourth-order valence-corrected chi connectivity index (χ4v) is 5.38. The van der Waals surface area contributed by atoms with Gasteiger partial charge in [-0.05, 0) is 85.4 Å². The van der Waals surface area contributed by atoms with Gasteiger partial charge in [0, 0.05) is 5.57 Å². The monoisotopic (exact) mass is 488 g/mol.